The summed E-state index contributed by atoms with van der Waals surface area (Å²) in [5, 5.41) is 10.0. The minimum absolute atomic E-state index is 0.0788. The van der Waals surface area contributed by atoms with Crippen LogP contribution in [0.5, 0.6) is 0 Å². The van der Waals surface area contributed by atoms with E-state index >= 15 is 0 Å². The highest BCUT2D eigenvalue weighted by Gasteiger charge is 2.20. The van der Waals surface area contributed by atoms with Gasteiger partial charge in [0.15, 0.2) is 5.82 Å². The minimum Gasteiger partial charge on any atom is -0.342 e. The number of benzene rings is 1. The third kappa shape index (κ3) is 4.01. The Hall–Kier alpha value is -3.09. The number of aromatic amines is 1. The van der Waals surface area contributed by atoms with E-state index in [0.29, 0.717) is 24.5 Å². The van der Waals surface area contributed by atoms with Crippen LogP contribution in [-0.2, 0) is 11.2 Å². The summed E-state index contributed by atoms with van der Waals surface area (Å²) in [5.74, 6) is 1.18. The number of carbonyl (C=O) groups is 1. The number of aromatic nitrogens is 5. The van der Waals surface area contributed by atoms with Crippen LogP contribution < -0.4 is 5.32 Å². The summed E-state index contributed by atoms with van der Waals surface area (Å²) >= 11 is 0. The first-order chi connectivity index (χ1) is 11.7. The molecule has 7 heteroatoms. The Morgan fingerprint density at radius 2 is 2.08 bits per heavy atom. The minimum atomic E-state index is -0.381. The molecule has 1 atom stereocenters. The quantitative estimate of drug-likeness (QED) is 0.720. The number of H-pyrrole nitrogens is 1. The lowest BCUT2D eigenvalue weighted by Crippen LogP contribution is -2.30. The number of nitrogens with one attached hydrogen (secondary N) is 2. The van der Waals surface area contributed by atoms with Crippen molar-refractivity contribution in [3.05, 3.63) is 71.8 Å². The van der Waals surface area contributed by atoms with E-state index in [1.807, 2.05) is 37.3 Å². The fourth-order valence-corrected chi connectivity index (χ4v) is 2.37. The topological polar surface area (TPSA) is 96.5 Å². The van der Waals surface area contributed by atoms with Crippen molar-refractivity contribution < 1.29 is 4.79 Å². The smallest absolute Gasteiger partial charge is 0.221 e. The lowest BCUT2D eigenvalue weighted by Gasteiger charge is -2.16. The molecule has 0 bridgehead atoms. The van der Waals surface area contributed by atoms with Crippen molar-refractivity contribution in [2.24, 2.45) is 0 Å². The molecule has 0 aliphatic heterocycles. The van der Waals surface area contributed by atoms with Gasteiger partial charge in [-0.3, -0.25) is 9.89 Å². The summed E-state index contributed by atoms with van der Waals surface area (Å²) in [6.07, 6.45) is 4.05. The largest absolute Gasteiger partial charge is 0.342 e. The predicted octanol–water partition coefficient (Wildman–Crippen LogP) is 1.74. The van der Waals surface area contributed by atoms with Gasteiger partial charge >= 0.3 is 0 Å². The van der Waals surface area contributed by atoms with Crippen LogP contribution in [0, 0.1) is 6.92 Å². The van der Waals surface area contributed by atoms with Crippen LogP contribution in [0.1, 0.15) is 35.4 Å². The fourth-order valence-electron chi connectivity index (χ4n) is 2.37. The van der Waals surface area contributed by atoms with Gasteiger partial charge in [0.2, 0.25) is 5.91 Å². The molecule has 7 nitrogen and oxygen atoms in total. The van der Waals surface area contributed by atoms with Crippen molar-refractivity contribution in [1.29, 1.82) is 0 Å². The van der Waals surface area contributed by atoms with Gasteiger partial charge in [0.05, 0.1) is 0 Å². The van der Waals surface area contributed by atoms with E-state index in [1.165, 1.54) is 6.33 Å². The van der Waals surface area contributed by atoms with Gasteiger partial charge in [-0.05, 0) is 25.0 Å². The van der Waals surface area contributed by atoms with Gasteiger partial charge in [0.1, 0.15) is 18.2 Å². The van der Waals surface area contributed by atoms with E-state index in [0.717, 1.165) is 11.3 Å². The molecule has 122 valence electrons. The van der Waals surface area contributed by atoms with E-state index < -0.39 is 0 Å². The third-order valence-electron chi connectivity index (χ3n) is 3.56. The van der Waals surface area contributed by atoms with Crippen LogP contribution in [0.3, 0.4) is 0 Å². The van der Waals surface area contributed by atoms with E-state index in [2.05, 4.69) is 30.5 Å². The second-order valence-corrected chi connectivity index (χ2v) is 5.39. The third-order valence-corrected chi connectivity index (χ3v) is 3.56. The number of aryl methyl sites for hydroxylation is 2. The molecular weight excluding hydrogens is 304 g/mol. The summed E-state index contributed by atoms with van der Waals surface area (Å²) in [7, 11) is 0. The van der Waals surface area contributed by atoms with Crippen LogP contribution in [0.25, 0.3) is 0 Å². The van der Waals surface area contributed by atoms with Gasteiger partial charge < -0.3 is 5.32 Å². The van der Waals surface area contributed by atoms with Crippen LogP contribution >= 0.6 is 0 Å². The summed E-state index contributed by atoms with van der Waals surface area (Å²) in [6, 6.07) is 11.1. The Balaban J connectivity index is 1.71. The Morgan fingerprint density at radius 3 is 2.75 bits per heavy atom. The maximum absolute atomic E-state index is 12.4. The molecule has 1 unspecified atom stereocenters. The molecule has 2 N–H and O–H groups in total. The molecule has 1 aromatic carbocycles. The molecule has 2 aromatic heterocycles. The Morgan fingerprint density at radius 1 is 1.25 bits per heavy atom. The maximum atomic E-state index is 12.4. The molecule has 0 radical (unpaired) electrons. The molecule has 1 amide bonds. The van der Waals surface area contributed by atoms with Crippen molar-refractivity contribution in [3.63, 3.8) is 0 Å². The normalized spacial score (nSPS) is 11.9. The summed E-state index contributed by atoms with van der Waals surface area (Å²) < 4.78 is 0. The Bertz CT molecular complexity index is 787. The number of nitrogens with zero attached hydrogens (tertiary/aromatic N) is 4. The second kappa shape index (κ2) is 7.45. The molecular formula is C17H18N6O. The molecule has 0 fully saturated rings. The Kier molecular flexibility index (Phi) is 4.90. The number of carbonyl (C=O) groups excluding carboxylic acids is 1. The van der Waals surface area contributed by atoms with Gasteiger partial charge in [0, 0.05) is 18.3 Å². The lowest BCUT2D eigenvalue weighted by molar-refractivity contribution is -0.121. The Labute approximate surface area is 139 Å². The highest BCUT2D eigenvalue weighted by atomic mass is 16.1. The van der Waals surface area contributed by atoms with Crippen LogP contribution in [0.4, 0.5) is 0 Å². The van der Waals surface area contributed by atoms with Crippen LogP contribution in [0.15, 0.2) is 48.9 Å². The first-order valence-electron chi connectivity index (χ1n) is 7.70. The van der Waals surface area contributed by atoms with E-state index in [4.69, 9.17) is 0 Å². The van der Waals surface area contributed by atoms with E-state index in [-0.39, 0.29) is 11.9 Å². The van der Waals surface area contributed by atoms with E-state index in [1.54, 1.807) is 12.3 Å². The van der Waals surface area contributed by atoms with Crippen molar-refractivity contribution in [2.75, 3.05) is 0 Å². The van der Waals surface area contributed by atoms with Gasteiger partial charge in [-0.2, -0.15) is 5.10 Å². The van der Waals surface area contributed by atoms with Crippen molar-refractivity contribution in [3.8, 4) is 0 Å². The summed E-state index contributed by atoms with van der Waals surface area (Å²) in [6.45, 7) is 1.83. The molecule has 3 rings (SSSR count). The van der Waals surface area contributed by atoms with Gasteiger partial charge in [-0.15, -0.1) is 0 Å². The fraction of sp³-hybridized carbons (Fsp3) is 0.235. The van der Waals surface area contributed by atoms with Gasteiger partial charge in [-0.1, -0.05) is 30.3 Å². The molecule has 0 saturated carbocycles. The number of hydrogen-bond donors (Lipinski definition) is 2. The zero-order valence-electron chi connectivity index (χ0n) is 13.3. The highest BCUT2D eigenvalue weighted by molar-refractivity contribution is 5.77. The van der Waals surface area contributed by atoms with Crippen LogP contribution in [-0.4, -0.2) is 31.1 Å². The maximum Gasteiger partial charge on any atom is 0.221 e. The van der Waals surface area contributed by atoms with E-state index in [9.17, 15) is 4.79 Å². The summed E-state index contributed by atoms with van der Waals surface area (Å²) in [5.41, 5.74) is 1.78. The van der Waals surface area contributed by atoms with Crippen molar-refractivity contribution >= 4 is 5.91 Å². The molecule has 2 heterocycles. The zero-order valence-corrected chi connectivity index (χ0v) is 13.3. The van der Waals surface area contributed by atoms with Crippen molar-refractivity contribution in [2.45, 2.75) is 25.8 Å². The van der Waals surface area contributed by atoms with Gasteiger partial charge in [-0.25, -0.2) is 15.0 Å². The lowest BCUT2D eigenvalue weighted by atomic mass is 10.1. The zero-order chi connectivity index (χ0) is 16.8. The molecule has 0 aliphatic carbocycles. The van der Waals surface area contributed by atoms with Crippen LogP contribution in [0.2, 0.25) is 0 Å². The monoisotopic (exact) mass is 322 g/mol. The summed E-state index contributed by atoms with van der Waals surface area (Å²) in [4.78, 5) is 24.7. The molecule has 0 spiro atoms. The molecule has 0 aliphatic rings. The molecule has 24 heavy (non-hydrogen) atoms. The standard InChI is InChI=1S/C17H18N6O/c1-12-20-17(23-22-12)16(13-5-3-2-4-6-13)21-15(24)8-7-14-9-10-18-11-19-14/h2-6,9-11,16H,7-8H2,1H3,(H,21,24)(H,20,22,23). The second-order valence-electron chi connectivity index (χ2n) is 5.39. The molecule has 3 aromatic rings. The average molecular weight is 322 g/mol. The SMILES string of the molecule is Cc1nc(C(NC(=O)CCc2ccncn2)c2ccccc2)n[nH]1. The average Bonchev–Trinajstić information content (AvgIpc) is 3.05. The van der Waals surface area contributed by atoms with Gasteiger partial charge in [0.25, 0.3) is 0 Å². The first-order valence-corrected chi connectivity index (χ1v) is 7.70. The predicted molar refractivity (Wildman–Crippen MR) is 87.9 cm³/mol. The molecule has 0 saturated heterocycles. The first kappa shape index (κ1) is 15.8. The number of amides is 1. The highest BCUT2D eigenvalue weighted by Crippen LogP contribution is 2.19. The van der Waals surface area contributed by atoms with Crippen molar-refractivity contribution in [1.82, 2.24) is 30.5 Å². The number of rotatable bonds is 6. The number of hydrogen-bond acceptors (Lipinski definition) is 5.